The average Bonchev–Trinajstić information content (AvgIpc) is 3.41. The van der Waals surface area contributed by atoms with E-state index in [0.29, 0.717) is 53.2 Å². The van der Waals surface area contributed by atoms with Crippen LogP contribution in [-0.2, 0) is 4.79 Å². The molecule has 2 aliphatic heterocycles. The average molecular weight is 495 g/mol. The van der Waals surface area contributed by atoms with Crippen molar-refractivity contribution in [2.24, 2.45) is 0 Å². The standard InChI is InChI=1S/C30H26N2O5/c1-35-21-13-10-18(11-14-21)29(34)28-26(19-12-15-24-25(16-19)37-17-36-24)27-22(8-5-9-23(27)33)32(30(28)31)20-6-3-2-4-7-20/h2-4,6-7,10-16,26,31,34H,5,8-9,17H2,1H3. The molecule has 7 nitrogen and oxygen atoms in total. The van der Waals surface area contributed by atoms with Gasteiger partial charge in [0.1, 0.15) is 17.3 Å². The van der Waals surface area contributed by atoms with Crippen LogP contribution < -0.4 is 19.1 Å². The number of ketones is 1. The molecule has 0 amide bonds. The van der Waals surface area contributed by atoms with E-state index in [2.05, 4.69) is 0 Å². The van der Waals surface area contributed by atoms with E-state index >= 15 is 0 Å². The van der Waals surface area contributed by atoms with E-state index in [1.54, 1.807) is 31.4 Å². The van der Waals surface area contributed by atoms with Crippen LogP contribution in [0.5, 0.6) is 17.2 Å². The van der Waals surface area contributed by atoms with Gasteiger partial charge in [0.2, 0.25) is 6.79 Å². The number of Topliss-reactive ketones (excluding diaryl/α,β-unsaturated/α-hetero) is 1. The van der Waals surface area contributed by atoms with Gasteiger partial charge >= 0.3 is 0 Å². The topological polar surface area (TPSA) is 92.1 Å². The number of para-hydroxylation sites is 1. The number of fused-ring (bicyclic) bond motifs is 1. The highest BCUT2D eigenvalue weighted by atomic mass is 16.7. The lowest BCUT2D eigenvalue weighted by Crippen LogP contribution is -2.42. The van der Waals surface area contributed by atoms with E-state index in [4.69, 9.17) is 14.2 Å². The number of hydrogen-bond acceptors (Lipinski definition) is 6. The quantitative estimate of drug-likeness (QED) is 0.434. The summed E-state index contributed by atoms with van der Waals surface area (Å²) in [6.07, 6.45) is 1.80. The van der Waals surface area contributed by atoms with E-state index in [9.17, 15) is 15.3 Å². The minimum Gasteiger partial charge on any atom is -0.507 e. The smallest absolute Gasteiger partial charge is 0.231 e. The molecule has 3 aromatic carbocycles. The van der Waals surface area contributed by atoms with Crippen LogP contribution >= 0.6 is 0 Å². The second-order valence-corrected chi connectivity index (χ2v) is 9.19. The summed E-state index contributed by atoms with van der Waals surface area (Å²) < 4.78 is 16.4. The van der Waals surface area contributed by atoms with Crippen LogP contribution in [0.3, 0.4) is 0 Å². The molecule has 186 valence electrons. The van der Waals surface area contributed by atoms with E-state index in [-0.39, 0.29) is 24.2 Å². The van der Waals surface area contributed by atoms with Crippen molar-refractivity contribution < 1.29 is 24.1 Å². The molecule has 0 fully saturated rings. The molecule has 3 aromatic rings. The molecular weight excluding hydrogens is 468 g/mol. The summed E-state index contributed by atoms with van der Waals surface area (Å²) in [4.78, 5) is 15.4. The van der Waals surface area contributed by atoms with Gasteiger partial charge in [-0.05, 0) is 66.9 Å². The van der Waals surface area contributed by atoms with Gasteiger partial charge in [0.05, 0.1) is 7.11 Å². The molecule has 0 saturated carbocycles. The molecule has 37 heavy (non-hydrogen) atoms. The van der Waals surface area contributed by atoms with Crippen molar-refractivity contribution in [3.8, 4) is 17.2 Å². The molecule has 0 aromatic heterocycles. The van der Waals surface area contributed by atoms with Crippen molar-refractivity contribution in [3.63, 3.8) is 0 Å². The van der Waals surface area contributed by atoms with Gasteiger partial charge in [-0.2, -0.15) is 0 Å². The Bertz CT molecular complexity index is 1460. The monoisotopic (exact) mass is 494 g/mol. The van der Waals surface area contributed by atoms with Crippen molar-refractivity contribution in [2.45, 2.75) is 25.2 Å². The summed E-state index contributed by atoms with van der Waals surface area (Å²) in [6, 6.07) is 22.2. The number of aliphatic hydroxyl groups excluding tert-OH is 1. The maximum absolute atomic E-state index is 13.6. The summed E-state index contributed by atoms with van der Waals surface area (Å²) in [5.41, 5.74) is 3.85. The minimum atomic E-state index is -0.633. The van der Waals surface area contributed by atoms with Crippen LogP contribution in [0.15, 0.2) is 89.6 Å². The molecule has 2 N–H and O–H groups in total. The summed E-state index contributed by atoms with van der Waals surface area (Å²) in [5.74, 6) is 1.35. The number of benzene rings is 3. The Morgan fingerprint density at radius 3 is 2.51 bits per heavy atom. The SMILES string of the molecule is COc1ccc(C(O)=C2C(=N)N(c3ccccc3)C3=C(C(=O)CCC3)C2c2ccc3c(c2)OCO3)cc1. The fraction of sp³-hybridized carbons (Fsp3) is 0.200. The first-order chi connectivity index (χ1) is 18.1. The maximum Gasteiger partial charge on any atom is 0.231 e. The zero-order valence-electron chi connectivity index (χ0n) is 20.4. The highest BCUT2D eigenvalue weighted by Gasteiger charge is 2.43. The number of ether oxygens (including phenoxy) is 3. The normalized spacial score (nSPS) is 20.1. The van der Waals surface area contributed by atoms with Gasteiger partial charge in [0, 0.05) is 40.4 Å². The number of carbonyl (C=O) groups is 1. The Balaban J connectivity index is 1.62. The molecule has 1 atom stereocenters. The lowest BCUT2D eigenvalue weighted by Gasteiger charge is -2.41. The van der Waals surface area contributed by atoms with Gasteiger partial charge in [-0.1, -0.05) is 24.3 Å². The van der Waals surface area contributed by atoms with E-state index in [0.717, 1.165) is 16.9 Å². The highest BCUT2D eigenvalue weighted by molar-refractivity contribution is 6.19. The Morgan fingerprint density at radius 1 is 1.00 bits per heavy atom. The van der Waals surface area contributed by atoms with Crippen molar-refractivity contribution in [1.82, 2.24) is 0 Å². The summed E-state index contributed by atoms with van der Waals surface area (Å²) >= 11 is 0. The number of nitrogens with one attached hydrogen (secondary N) is 1. The van der Waals surface area contributed by atoms with Crippen LogP contribution in [-0.4, -0.2) is 30.6 Å². The summed E-state index contributed by atoms with van der Waals surface area (Å²) in [5, 5.41) is 21.1. The molecule has 2 heterocycles. The van der Waals surface area contributed by atoms with E-state index in [1.165, 1.54) is 0 Å². The number of rotatable bonds is 4. The second-order valence-electron chi connectivity index (χ2n) is 9.19. The first-order valence-corrected chi connectivity index (χ1v) is 12.2. The summed E-state index contributed by atoms with van der Waals surface area (Å²) in [7, 11) is 1.58. The Hall–Kier alpha value is -4.52. The molecule has 0 spiro atoms. The first-order valence-electron chi connectivity index (χ1n) is 12.2. The molecule has 3 aliphatic rings. The third-order valence-electron chi connectivity index (χ3n) is 7.12. The molecule has 0 saturated heterocycles. The molecule has 7 heteroatoms. The predicted octanol–water partition coefficient (Wildman–Crippen LogP) is 5.98. The fourth-order valence-corrected chi connectivity index (χ4v) is 5.38. The van der Waals surface area contributed by atoms with Gasteiger partial charge in [0.15, 0.2) is 17.3 Å². The third-order valence-corrected chi connectivity index (χ3v) is 7.12. The van der Waals surface area contributed by atoms with Gasteiger partial charge < -0.3 is 19.3 Å². The number of anilines is 1. The molecule has 0 bridgehead atoms. The lowest BCUT2D eigenvalue weighted by atomic mass is 9.73. The molecule has 1 aliphatic carbocycles. The van der Waals surface area contributed by atoms with Crippen LogP contribution in [0.25, 0.3) is 5.76 Å². The van der Waals surface area contributed by atoms with Gasteiger partial charge in [-0.15, -0.1) is 0 Å². The Labute approximate surface area is 214 Å². The zero-order valence-corrected chi connectivity index (χ0v) is 20.4. The number of nitrogens with zero attached hydrogens (tertiary/aromatic N) is 1. The predicted molar refractivity (Wildman–Crippen MR) is 140 cm³/mol. The van der Waals surface area contributed by atoms with Crippen molar-refractivity contribution in [1.29, 1.82) is 5.41 Å². The molecule has 0 radical (unpaired) electrons. The fourth-order valence-electron chi connectivity index (χ4n) is 5.38. The van der Waals surface area contributed by atoms with Crippen LogP contribution in [0.1, 0.15) is 36.3 Å². The maximum atomic E-state index is 13.6. The minimum absolute atomic E-state index is 0.0254. The van der Waals surface area contributed by atoms with Crippen LogP contribution in [0.2, 0.25) is 0 Å². The zero-order chi connectivity index (χ0) is 25.5. The number of aliphatic hydroxyl groups is 1. The van der Waals surface area contributed by atoms with E-state index < -0.39 is 5.92 Å². The number of amidine groups is 1. The van der Waals surface area contributed by atoms with E-state index in [1.807, 2.05) is 53.4 Å². The molecular formula is C30H26N2O5. The number of methoxy groups -OCH3 is 1. The van der Waals surface area contributed by atoms with Gasteiger partial charge in [-0.25, -0.2) is 0 Å². The summed E-state index contributed by atoms with van der Waals surface area (Å²) in [6.45, 7) is 0.133. The molecule has 6 rings (SSSR count). The number of hydrogen-bond donors (Lipinski definition) is 2. The van der Waals surface area contributed by atoms with Crippen molar-refractivity contribution >= 4 is 23.1 Å². The lowest BCUT2D eigenvalue weighted by molar-refractivity contribution is -0.116. The number of allylic oxidation sites excluding steroid dienone is 2. The third kappa shape index (κ3) is 3.83. The van der Waals surface area contributed by atoms with Gasteiger partial charge in [-0.3, -0.25) is 15.1 Å². The van der Waals surface area contributed by atoms with Crippen LogP contribution in [0.4, 0.5) is 5.69 Å². The van der Waals surface area contributed by atoms with Crippen molar-refractivity contribution in [2.75, 3.05) is 18.8 Å². The number of carbonyl (C=O) groups excluding carboxylic acids is 1. The van der Waals surface area contributed by atoms with Crippen LogP contribution in [0, 0.1) is 5.41 Å². The molecule has 1 unspecified atom stereocenters. The highest BCUT2D eigenvalue weighted by Crippen LogP contribution is 2.49. The van der Waals surface area contributed by atoms with Gasteiger partial charge in [0.25, 0.3) is 0 Å². The van der Waals surface area contributed by atoms with Crippen molar-refractivity contribution in [3.05, 3.63) is 101 Å². The Kier molecular flexibility index (Phi) is 5.68. The largest absolute Gasteiger partial charge is 0.507 e. The Morgan fingerprint density at radius 2 is 1.76 bits per heavy atom. The first kappa shape index (κ1) is 22.9. The second kappa shape index (κ2) is 9.17.